The van der Waals surface area contributed by atoms with Crippen LogP contribution in [0.3, 0.4) is 0 Å². The fourth-order valence-electron chi connectivity index (χ4n) is 9.11. The van der Waals surface area contributed by atoms with Crippen LogP contribution < -0.4 is 5.73 Å². The number of allylic oxidation sites excluding steroid dienone is 22. The van der Waals surface area contributed by atoms with Gasteiger partial charge in [-0.25, -0.2) is 4.57 Å². The Balaban J connectivity index is 3.98. The van der Waals surface area contributed by atoms with Crippen LogP contribution >= 0.6 is 7.82 Å². The summed E-state index contributed by atoms with van der Waals surface area (Å²) in [6, 6.07) is 0. The van der Waals surface area contributed by atoms with Crippen LogP contribution in [0.1, 0.15) is 284 Å². The largest absolute Gasteiger partial charge is 0.472 e. The molecule has 0 radical (unpaired) electrons. The summed E-state index contributed by atoms with van der Waals surface area (Å²) in [6.45, 7) is 3.64. The van der Waals surface area contributed by atoms with Crippen LogP contribution in [0.15, 0.2) is 134 Å². The minimum absolute atomic E-state index is 0.0469. The lowest BCUT2D eigenvalue weighted by Crippen LogP contribution is -2.29. The number of unbranched alkanes of at least 4 members (excludes halogenated alkanes) is 27. The summed E-state index contributed by atoms with van der Waals surface area (Å²) in [5.41, 5.74) is 5.39. The average molecular weight is 1170 g/mol. The van der Waals surface area contributed by atoms with Gasteiger partial charge in [0, 0.05) is 19.4 Å². The van der Waals surface area contributed by atoms with E-state index >= 15 is 0 Å². The first-order chi connectivity index (χ1) is 40.8. The first-order valence-corrected chi connectivity index (χ1v) is 35.2. The van der Waals surface area contributed by atoms with E-state index in [0.29, 0.717) is 6.42 Å². The lowest BCUT2D eigenvalue weighted by molar-refractivity contribution is -0.161. The van der Waals surface area contributed by atoms with Gasteiger partial charge in [-0.2, -0.15) is 0 Å². The summed E-state index contributed by atoms with van der Waals surface area (Å²) in [7, 11) is -4.40. The highest BCUT2D eigenvalue weighted by Gasteiger charge is 2.26. The van der Waals surface area contributed by atoms with Crippen LogP contribution in [-0.4, -0.2) is 49.3 Å². The zero-order valence-corrected chi connectivity index (χ0v) is 54.0. The van der Waals surface area contributed by atoms with Crippen molar-refractivity contribution in [1.82, 2.24) is 0 Å². The zero-order valence-electron chi connectivity index (χ0n) is 53.1. The van der Waals surface area contributed by atoms with Crippen LogP contribution in [0.5, 0.6) is 0 Å². The molecule has 474 valence electrons. The molecule has 0 spiro atoms. The van der Waals surface area contributed by atoms with E-state index in [4.69, 9.17) is 24.3 Å². The molecular formula is C73H124NO8P. The number of esters is 2. The van der Waals surface area contributed by atoms with Gasteiger partial charge < -0.3 is 20.1 Å². The van der Waals surface area contributed by atoms with Crippen LogP contribution in [0.25, 0.3) is 0 Å². The Hall–Kier alpha value is -3.85. The molecule has 0 bridgehead atoms. The van der Waals surface area contributed by atoms with E-state index in [9.17, 15) is 19.0 Å². The number of hydrogen-bond acceptors (Lipinski definition) is 8. The lowest BCUT2D eigenvalue weighted by Gasteiger charge is -2.19. The molecule has 0 rings (SSSR count). The Morgan fingerprint density at radius 2 is 0.663 bits per heavy atom. The smallest absolute Gasteiger partial charge is 0.462 e. The van der Waals surface area contributed by atoms with Crippen LogP contribution in [0.2, 0.25) is 0 Å². The van der Waals surface area contributed by atoms with Crippen molar-refractivity contribution in [3.05, 3.63) is 134 Å². The van der Waals surface area contributed by atoms with E-state index in [1.807, 2.05) is 0 Å². The highest BCUT2D eigenvalue weighted by Crippen LogP contribution is 2.43. The van der Waals surface area contributed by atoms with Gasteiger partial charge in [-0.3, -0.25) is 18.6 Å². The molecule has 0 aliphatic carbocycles. The van der Waals surface area contributed by atoms with E-state index in [1.165, 1.54) is 135 Å². The number of rotatable bonds is 62. The molecule has 0 aromatic rings. The molecule has 2 unspecified atom stereocenters. The monoisotopic (exact) mass is 1170 g/mol. The predicted octanol–water partition coefficient (Wildman–Crippen LogP) is 22.1. The maximum atomic E-state index is 12.7. The molecule has 0 saturated carbocycles. The molecule has 0 aromatic carbocycles. The summed E-state index contributed by atoms with van der Waals surface area (Å²) in [4.78, 5) is 35.3. The summed E-state index contributed by atoms with van der Waals surface area (Å²) in [5, 5.41) is 0. The van der Waals surface area contributed by atoms with Crippen LogP contribution in [-0.2, 0) is 32.7 Å². The average Bonchev–Trinajstić information content (AvgIpc) is 3.49. The lowest BCUT2D eigenvalue weighted by atomic mass is 10.0. The van der Waals surface area contributed by atoms with Gasteiger partial charge in [0.25, 0.3) is 0 Å². The third-order valence-electron chi connectivity index (χ3n) is 14.1. The molecule has 83 heavy (non-hydrogen) atoms. The maximum Gasteiger partial charge on any atom is 0.472 e. The number of nitrogens with two attached hydrogens (primary N) is 1. The Morgan fingerprint density at radius 3 is 0.988 bits per heavy atom. The van der Waals surface area contributed by atoms with Crippen molar-refractivity contribution in [3.63, 3.8) is 0 Å². The van der Waals surface area contributed by atoms with Crippen molar-refractivity contribution in [1.29, 1.82) is 0 Å². The first-order valence-electron chi connectivity index (χ1n) is 33.7. The van der Waals surface area contributed by atoms with Gasteiger partial charge in [-0.05, 0) is 96.3 Å². The molecule has 0 amide bonds. The molecule has 9 nitrogen and oxygen atoms in total. The number of ether oxygens (including phenoxy) is 2. The molecule has 2 atom stereocenters. The fourth-order valence-corrected chi connectivity index (χ4v) is 9.88. The van der Waals surface area contributed by atoms with Crippen molar-refractivity contribution in [2.75, 3.05) is 26.4 Å². The van der Waals surface area contributed by atoms with E-state index in [0.717, 1.165) is 116 Å². The highest BCUT2D eigenvalue weighted by molar-refractivity contribution is 7.47. The second kappa shape index (κ2) is 67.3. The standard InChI is InChI=1S/C73H124NO8P/c1-3-5-7-9-11-13-15-17-19-21-23-25-26-27-28-29-30-31-32-33-34-35-36-37-38-39-40-41-42-43-44-46-48-50-52-54-56-58-60-62-64-66-73(76)82-71(70-81-83(77,78)80-68-67-74)69-79-72(75)65-63-61-59-57-55-53-51-49-47-45-24-22-20-18-16-14-12-10-8-6-4-2/h5,7,11,13,17,19,23,25,27-28,30-31,33-34,36-37,39-40,42-43,46,48,71H,3-4,6,8-10,12,14-16,18,20-22,24,26,29,32,35,38,41,44-45,47,49-70,74H2,1-2H3,(H,77,78)/b7-5-,13-11-,19-17-,25-23-,28-27-,31-30-,34-33-,37-36-,40-39-,43-42-,48-46-. The van der Waals surface area contributed by atoms with Gasteiger partial charge in [0.05, 0.1) is 13.2 Å². The summed E-state index contributed by atoms with van der Waals surface area (Å²) >= 11 is 0. The van der Waals surface area contributed by atoms with Gasteiger partial charge in [0.15, 0.2) is 6.10 Å². The van der Waals surface area contributed by atoms with Gasteiger partial charge in [-0.1, -0.05) is 308 Å². The number of phosphoric ester groups is 1. The third-order valence-corrected chi connectivity index (χ3v) is 15.0. The molecule has 0 aliphatic heterocycles. The SMILES string of the molecule is CC/C=C\C/C=C\C/C=C\C/C=C\C/C=C\C/C=C\C/C=C\C/C=C\C/C=C\C/C=C\C/C=C\CCCCCCCCCC(=O)OC(COC(=O)CCCCCCCCCCCCCCCCCCCCCCC)COP(=O)(O)OCCN. The Labute approximate surface area is 510 Å². The van der Waals surface area contributed by atoms with Gasteiger partial charge in [-0.15, -0.1) is 0 Å². The Kier molecular flexibility index (Phi) is 64.2. The number of carbonyl (C=O) groups is 2. The molecule has 0 fully saturated rings. The second-order valence-corrected chi connectivity index (χ2v) is 23.4. The molecule has 0 heterocycles. The first kappa shape index (κ1) is 79.2. The quantitative estimate of drug-likeness (QED) is 0.0264. The number of phosphoric acid groups is 1. The van der Waals surface area contributed by atoms with Gasteiger partial charge in [0.2, 0.25) is 0 Å². The van der Waals surface area contributed by atoms with Crippen molar-refractivity contribution in [3.8, 4) is 0 Å². The molecule has 0 aromatic heterocycles. The van der Waals surface area contributed by atoms with Gasteiger partial charge >= 0.3 is 19.8 Å². The van der Waals surface area contributed by atoms with E-state index in [2.05, 4.69) is 148 Å². The van der Waals surface area contributed by atoms with E-state index < -0.39 is 26.5 Å². The number of carbonyl (C=O) groups excluding carboxylic acids is 2. The molecule has 0 aliphatic rings. The second-order valence-electron chi connectivity index (χ2n) is 22.0. The third kappa shape index (κ3) is 67.2. The van der Waals surface area contributed by atoms with Crippen molar-refractivity contribution >= 4 is 19.8 Å². The van der Waals surface area contributed by atoms with E-state index in [-0.39, 0.29) is 38.6 Å². The predicted molar refractivity (Wildman–Crippen MR) is 357 cm³/mol. The topological polar surface area (TPSA) is 134 Å². The number of hydrogen-bond donors (Lipinski definition) is 2. The van der Waals surface area contributed by atoms with Crippen LogP contribution in [0, 0.1) is 0 Å². The highest BCUT2D eigenvalue weighted by atomic mass is 31.2. The summed E-state index contributed by atoms with van der Waals surface area (Å²) < 4.78 is 33.1. The molecule has 10 heteroatoms. The normalized spacial score (nSPS) is 13.8. The minimum Gasteiger partial charge on any atom is -0.462 e. The Morgan fingerprint density at radius 1 is 0.373 bits per heavy atom. The summed E-state index contributed by atoms with van der Waals surface area (Å²) in [5.74, 6) is -0.838. The zero-order chi connectivity index (χ0) is 60.1. The van der Waals surface area contributed by atoms with Crippen molar-refractivity contribution < 1.29 is 37.6 Å². The summed E-state index contributed by atoms with van der Waals surface area (Å²) in [6.07, 6.45) is 95.3. The Bertz CT molecular complexity index is 1820. The van der Waals surface area contributed by atoms with Crippen molar-refractivity contribution in [2.24, 2.45) is 5.73 Å². The molecule has 0 saturated heterocycles. The van der Waals surface area contributed by atoms with Crippen molar-refractivity contribution in [2.45, 2.75) is 290 Å². The minimum atomic E-state index is -4.40. The molecular weight excluding hydrogens is 1050 g/mol. The molecule has 3 N–H and O–H groups in total. The fraction of sp³-hybridized carbons (Fsp3) is 0.671. The van der Waals surface area contributed by atoms with Crippen LogP contribution in [0.4, 0.5) is 0 Å². The maximum absolute atomic E-state index is 12.7. The van der Waals surface area contributed by atoms with E-state index in [1.54, 1.807) is 0 Å². The van der Waals surface area contributed by atoms with Gasteiger partial charge in [0.1, 0.15) is 6.61 Å².